The standard InChI is InChI=1S/C21H21ClN4O/c1-5-26(4)21-19-16(8-9-23-21)18-13(3)25-27-17(18)11-24-20(19)15-7-6-14(22)10-12(15)2/h6-10H,5,11H2,1-4H3. The molecule has 4 rings (SSSR count). The Morgan fingerprint density at radius 1 is 1.15 bits per heavy atom. The molecule has 0 aliphatic carbocycles. The number of halogens is 1. The highest BCUT2D eigenvalue weighted by molar-refractivity contribution is 6.31. The highest BCUT2D eigenvalue weighted by Gasteiger charge is 2.28. The molecule has 0 amide bonds. The number of hydrogen-bond donors (Lipinski definition) is 0. The molecule has 5 nitrogen and oxygen atoms in total. The van der Waals surface area contributed by atoms with Gasteiger partial charge in [-0.1, -0.05) is 22.8 Å². The largest absolute Gasteiger partial charge is 0.359 e. The SMILES string of the molecule is CCN(C)c1nccc2c1C(c1ccc(Cl)cc1C)=NCc1onc(C)c1-2. The Bertz CT molecular complexity index is 1050. The zero-order chi connectivity index (χ0) is 19.1. The molecule has 1 aromatic carbocycles. The monoisotopic (exact) mass is 380 g/mol. The minimum absolute atomic E-state index is 0.442. The molecule has 138 valence electrons. The second-order valence-corrected chi connectivity index (χ2v) is 7.20. The van der Waals surface area contributed by atoms with Gasteiger partial charge in [-0.15, -0.1) is 0 Å². The third kappa shape index (κ3) is 2.92. The lowest BCUT2D eigenvalue weighted by molar-refractivity contribution is 0.382. The molecule has 3 aromatic rings. The fraction of sp³-hybridized carbons (Fsp3) is 0.286. The zero-order valence-electron chi connectivity index (χ0n) is 15.9. The summed E-state index contributed by atoms with van der Waals surface area (Å²) >= 11 is 6.19. The van der Waals surface area contributed by atoms with Gasteiger partial charge in [-0.2, -0.15) is 0 Å². The molecular weight excluding hydrogens is 360 g/mol. The van der Waals surface area contributed by atoms with Crippen molar-refractivity contribution >= 4 is 23.1 Å². The lowest BCUT2D eigenvalue weighted by atomic mass is 9.92. The zero-order valence-corrected chi connectivity index (χ0v) is 16.6. The molecule has 3 heterocycles. The van der Waals surface area contributed by atoms with E-state index in [0.29, 0.717) is 6.54 Å². The number of anilines is 1. The Labute approximate surface area is 163 Å². The number of aryl methyl sites for hydroxylation is 2. The Balaban J connectivity index is 2.05. The Morgan fingerprint density at radius 3 is 2.70 bits per heavy atom. The van der Waals surface area contributed by atoms with E-state index in [4.69, 9.17) is 21.1 Å². The van der Waals surface area contributed by atoms with E-state index in [1.54, 1.807) is 0 Å². The topological polar surface area (TPSA) is 54.5 Å². The Hall–Kier alpha value is -2.66. The van der Waals surface area contributed by atoms with Gasteiger partial charge in [0.15, 0.2) is 5.76 Å². The molecular formula is C21H21ClN4O. The van der Waals surface area contributed by atoms with Gasteiger partial charge in [0, 0.05) is 35.9 Å². The highest BCUT2D eigenvalue weighted by atomic mass is 35.5. The van der Waals surface area contributed by atoms with Gasteiger partial charge in [-0.25, -0.2) is 4.98 Å². The van der Waals surface area contributed by atoms with Gasteiger partial charge in [-0.05, 0) is 44.5 Å². The first kappa shape index (κ1) is 17.7. The van der Waals surface area contributed by atoms with E-state index in [2.05, 4.69) is 28.9 Å². The smallest absolute Gasteiger partial charge is 0.166 e. The summed E-state index contributed by atoms with van der Waals surface area (Å²) in [7, 11) is 2.04. The van der Waals surface area contributed by atoms with Crippen molar-refractivity contribution in [2.75, 3.05) is 18.5 Å². The fourth-order valence-corrected chi connectivity index (χ4v) is 3.77. The quantitative estimate of drug-likeness (QED) is 0.654. The molecule has 0 N–H and O–H groups in total. The van der Waals surface area contributed by atoms with Gasteiger partial charge in [0.2, 0.25) is 0 Å². The molecule has 0 radical (unpaired) electrons. The van der Waals surface area contributed by atoms with Gasteiger partial charge in [-0.3, -0.25) is 4.99 Å². The summed E-state index contributed by atoms with van der Waals surface area (Å²) in [5.41, 5.74) is 6.99. The summed E-state index contributed by atoms with van der Waals surface area (Å²) in [6.07, 6.45) is 1.84. The molecule has 0 bridgehead atoms. The average molecular weight is 381 g/mol. The van der Waals surface area contributed by atoms with Gasteiger partial charge in [0.05, 0.1) is 22.5 Å². The molecule has 0 unspecified atom stereocenters. The van der Waals surface area contributed by atoms with E-state index in [0.717, 1.165) is 62.4 Å². The van der Waals surface area contributed by atoms with Gasteiger partial charge >= 0.3 is 0 Å². The first-order valence-electron chi connectivity index (χ1n) is 8.98. The van der Waals surface area contributed by atoms with Crippen LogP contribution >= 0.6 is 11.6 Å². The molecule has 1 aliphatic heterocycles. The van der Waals surface area contributed by atoms with Gasteiger partial charge in [0.25, 0.3) is 0 Å². The van der Waals surface area contributed by atoms with Crippen LogP contribution in [0.5, 0.6) is 0 Å². The third-order valence-corrected chi connectivity index (χ3v) is 5.27. The highest BCUT2D eigenvalue weighted by Crippen LogP contribution is 2.38. The van der Waals surface area contributed by atoms with E-state index >= 15 is 0 Å². The predicted octanol–water partition coefficient (Wildman–Crippen LogP) is 4.81. The van der Waals surface area contributed by atoms with Gasteiger partial charge < -0.3 is 9.42 Å². The number of pyridine rings is 1. The number of rotatable bonds is 3. The number of fused-ring (bicyclic) bond motifs is 3. The lowest BCUT2D eigenvalue weighted by Gasteiger charge is -2.22. The van der Waals surface area contributed by atoms with E-state index in [1.807, 2.05) is 44.4 Å². The summed E-state index contributed by atoms with van der Waals surface area (Å²) in [5, 5.41) is 4.88. The minimum atomic E-state index is 0.442. The number of benzene rings is 1. The first-order valence-corrected chi connectivity index (χ1v) is 9.36. The maximum absolute atomic E-state index is 6.19. The maximum atomic E-state index is 6.19. The first-order chi connectivity index (χ1) is 13.0. The second kappa shape index (κ2) is 6.82. The second-order valence-electron chi connectivity index (χ2n) is 6.76. The van der Waals surface area contributed by atoms with Crippen LogP contribution < -0.4 is 4.90 Å². The predicted molar refractivity (Wildman–Crippen MR) is 109 cm³/mol. The van der Waals surface area contributed by atoms with Crippen LogP contribution in [-0.4, -0.2) is 29.4 Å². The van der Waals surface area contributed by atoms with Crippen molar-refractivity contribution in [3.63, 3.8) is 0 Å². The van der Waals surface area contributed by atoms with Gasteiger partial charge in [0.1, 0.15) is 12.4 Å². The van der Waals surface area contributed by atoms with Crippen LogP contribution in [0, 0.1) is 13.8 Å². The molecule has 0 fully saturated rings. The van der Waals surface area contributed by atoms with Crippen LogP contribution in [0.25, 0.3) is 11.1 Å². The number of aromatic nitrogens is 2. The normalized spacial score (nSPS) is 12.9. The van der Waals surface area contributed by atoms with Crippen molar-refractivity contribution < 1.29 is 4.52 Å². The van der Waals surface area contributed by atoms with E-state index < -0.39 is 0 Å². The molecule has 0 spiro atoms. The molecule has 0 atom stereocenters. The van der Waals surface area contributed by atoms with Crippen molar-refractivity contribution in [3.05, 3.63) is 63.6 Å². The van der Waals surface area contributed by atoms with Crippen LogP contribution in [-0.2, 0) is 6.54 Å². The van der Waals surface area contributed by atoms with Crippen molar-refractivity contribution in [2.24, 2.45) is 4.99 Å². The number of aliphatic imine (C=N–C) groups is 1. The van der Waals surface area contributed by atoms with E-state index in [1.165, 1.54) is 0 Å². The van der Waals surface area contributed by atoms with Crippen LogP contribution in [0.3, 0.4) is 0 Å². The van der Waals surface area contributed by atoms with Crippen LogP contribution in [0.15, 0.2) is 40.0 Å². The molecule has 2 aromatic heterocycles. The Kier molecular flexibility index (Phi) is 4.48. The van der Waals surface area contributed by atoms with Crippen molar-refractivity contribution in [3.8, 4) is 11.1 Å². The average Bonchev–Trinajstić information content (AvgIpc) is 2.93. The summed E-state index contributed by atoms with van der Waals surface area (Å²) in [4.78, 5) is 11.7. The van der Waals surface area contributed by atoms with Crippen LogP contribution in [0.2, 0.25) is 5.02 Å². The summed E-state index contributed by atoms with van der Waals surface area (Å²) in [5.74, 6) is 1.68. The minimum Gasteiger partial charge on any atom is -0.359 e. The van der Waals surface area contributed by atoms with Crippen LogP contribution in [0.1, 0.15) is 35.1 Å². The number of nitrogens with zero attached hydrogens (tertiary/aromatic N) is 4. The fourth-order valence-electron chi connectivity index (χ4n) is 3.54. The molecule has 0 saturated heterocycles. The van der Waals surface area contributed by atoms with E-state index in [9.17, 15) is 0 Å². The Morgan fingerprint density at radius 2 is 1.96 bits per heavy atom. The summed E-state index contributed by atoms with van der Waals surface area (Å²) in [6, 6.07) is 7.92. The summed E-state index contributed by atoms with van der Waals surface area (Å²) < 4.78 is 5.57. The molecule has 0 saturated carbocycles. The number of hydrogen-bond acceptors (Lipinski definition) is 5. The molecule has 27 heavy (non-hydrogen) atoms. The molecule has 1 aliphatic rings. The molecule has 6 heteroatoms. The van der Waals surface area contributed by atoms with Crippen molar-refractivity contribution in [1.29, 1.82) is 0 Å². The third-order valence-electron chi connectivity index (χ3n) is 5.03. The van der Waals surface area contributed by atoms with Crippen molar-refractivity contribution in [1.82, 2.24) is 10.1 Å². The van der Waals surface area contributed by atoms with Crippen molar-refractivity contribution in [2.45, 2.75) is 27.3 Å². The summed E-state index contributed by atoms with van der Waals surface area (Å²) in [6.45, 7) is 7.41. The lowest BCUT2D eigenvalue weighted by Crippen LogP contribution is -2.22. The van der Waals surface area contributed by atoms with E-state index in [-0.39, 0.29) is 0 Å². The van der Waals surface area contributed by atoms with Crippen LogP contribution in [0.4, 0.5) is 5.82 Å². The maximum Gasteiger partial charge on any atom is 0.166 e.